The predicted octanol–water partition coefficient (Wildman–Crippen LogP) is 2.46. The first-order valence-electron chi connectivity index (χ1n) is 6.77. The number of thiazole rings is 1. The fraction of sp³-hybridized carbons (Fsp3) is 0.714. The number of aliphatic hydroxyl groups excluding tert-OH is 1. The highest BCUT2D eigenvalue weighted by Crippen LogP contribution is 2.32. The van der Waals surface area contributed by atoms with Crippen molar-refractivity contribution in [1.82, 2.24) is 9.88 Å². The van der Waals surface area contributed by atoms with Crippen LogP contribution >= 0.6 is 11.3 Å². The molecule has 0 aliphatic carbocycles. The third-order valence-electron chi connectivity index (χ3n) is 3.30. The number of ether oxygens (including phenoxy) is 1. The second-order valence-corrected chi connectivity index (χ2v) is 7.49. The molecule has 1 saturated heterocycles. The Morgan fingerprint density at radius 3 is 2.55 bits per heavy atom. The molecule has 5 nitrogen and oxygen atoms in total. The SMILES string of the molecule is Cc1nc([C@@H]2CN(C(=O)OC(C)(C)C)C[C@H]2O)sc1C. The van der Waals surface area contributed by atoms with Crippen molar-refractivity contribution in [1.29, 1.82) is 0 Å². The molecule has 1 aromatic rings. The number of carbonyl (C=O) groups is 1. The quantitative estimate of drug-likeness (QED) is 0.865. The van der Waals surface area contributed by atoms with E-state index in [-0.39, 0.29) is 12.0 Å². The van der Waals surface area contributed by atoms with E-state index in [1.54, 1.807) is 16.2 Å². The summed E-state index contributed by atoms with van der Waals surface area (Å²) in [6, 6.07) is 0. The van der Waals surface area contributed by atoms with E-state index in [1.165, 1.54) is 0 Å². The van der Waals surface area contributed by atoms with Crippen LogP contribution in [0.5, 0.6) is 0 Å². The third kappa shape index (κ3) is 3.30. The monoisotopic (exact) mass is 298 g/mol. The minimum atomic E-state index is -0.576. The van der Waals surface area contributed by atoms with E-state index in [1.807, 2.05) is 34.6 Å². The lowest BCUT2D eigenvalue weighted by Gasteiger charge is -2.24. The highest BCUT2D eigenvalue weighted by molar-refractivity contribution is 7.11. The smallest absolute Gasteiger partial charge is 0.410 e. The molecule has 0 spiro atoms. The second kappa shape index (κ2) is 5.33. The Kier molecular flexibility index (Phi) is 4.07. The van der Waals surface area contributed by atoms with Gasteiger partial charge in [0, 0.05) is 11.4 Å². The van der Waals surface area contributed by atoms with Gasteiger partial charge >= 0.3 is 6.09 Å². The average molecular weight is 298 g/mol. The van der Waals surface area contributed by atoms with Gasteiger partial charge in [0.25, 0.3) is 0 Å². The summed E-state index contributed by atoms with van der Waals surface area (Å²) in [5.74, 6) is -0.111. The van der Waals surface area contributed by atoms with Crippen LogP contribution in [-0.2, 0) is 4.74 Å². The third-order valence-corrected chi connectivity index (χ3v) is 4.51. The van der Waals surface area contributed by atoms with Crippen LogP contribution in [0.25, 0.3) is 0 Å². The van der Waals surface area contributed by atoms with Crippen molar-refractivity contribution < 1.29 is 14.6 Å². The summed E-state index contributed by atoms with van der Waals surface area (Å²) in [6.45, 7) is 10.2. The summed E-state index contributed by atoms with van der Waals surface area (Å²) < 4.78 is 5.34. The van der Waals surface area contributed by atoms with E-state index in [0.29, 0.717) is 13.1 Å². The number of likely N-dealkylation sites (tertiary alicyclic amines) is 1. The van der Waals surface area contributed by atoms with Crippen LogP contribution in [0.15, 0.2) is 0 Å². The number of aliphatic hydroxyl groups is 1. The number of hydrogen-bond acceptors (Lipinski definition) is 5. The summed E-state index contributed by atoms with van der Waals surface area (Å²) in [5.41, 5.74) is 0.474. The fourth-order valence-electron chi connectivity index (χ4n) is 2.16. The minimum Gasteiger partial charge on any atom is -0.444 e. The van der Waals surface area contributed by atoms with Gasteiger partial charge in [-0.2, -0.15) is 0 Å². The number of amides is 1. The Morgan fingerprint density at radius 1 is 1.40 bits per heavy atom. The lowest BCUT2D eigenvalue weighted by Crippen LogP contribution is -2.35. The van der Waals surface area contributed by atoms with Gasteiger partial charge in [-0.05, 0) is 34.6 Å². The maximum absolute atomic E-state index is 12.0. The minimum absolute atomic E-state index is 0.111. The van der Waals surface area contributed by atoms with Crippen molar-refractivity contribution in [3.63, 3.8) is 0 Å². The van der Waals surface area contributed by atoms with E-state index in [2.05, 4.69) is 4.98 Å². The fourth-order valence-corrected chi connectivity index (χ4v) is 3.23. The maximum atomic E-state index is 12.0. The Morgan fingerprint density at radius 2 is 2.05 bits per heavy atom. The molecule has 2 atom stereocenters. The lowest BCUT2D eigenvalue weighted by molar-refractivity contribution is 0.0270. The largest absolute Gasteiger partial charge is 0.444 e. The number of nitrogens with zero attached hydrogens (tertiary/aromatic N) is 2. The summed E-state index contributed by atoms with van der Waals surface area (Å²) in [5, 5.41) is 11.1. The topological polar surface area (TPSA) is 62.7 Å². The highest BCUT2D eigenvalue weighted by Gasteiger charge is 2.38. The van der Waals surface area contributed by atoms with Crippen molar-refractivity contribution in [2.75, 3.05) is 13.1 Å². The molecule has 1 aliphatic heterocycles. The molecular formula is C14H22N2O3S. The van der Waals surface area contributed by atoms with Gasteiger partial charge in [0.15, 0.2) is 0 Å². The first-order valence-corrected chi connectivity index (χ1v) is 7.59. The molecule has 0 radical (unpaired) electrons. The maximum Gasteiger partial charge on any atom is 0.410 e. The van der Waals surface area contributed by atoms with Crippen molar-refractivity contribution in [2.45, 2.75) is 52.2 Å². The molecule has 0 unspecified atom stereocenters. The van der Waals surface area contributed by atoms with Gasteiger partial charge in [-0.1, -0.05) is 0 Å². The molecule has 1 N–H and O–H groups in total. The highest BCUT2D eigenvalue weighted by atomic mass is 32.1. The molecule has 1 amide bonds. The van der Waals surface area contributed by atoms with Gasteiger partial charge < -0.3 is 14.7 Å². The number of aromatic nitrogens is 1. The first-order chi connectivity index (χ1) is 9.17. The number of rotatable bonds is 1. The van der Waals surface area contributed by atoms with E-state index < -0.39 is 11.7 Å². The van der Waals surface area contributed by atoms with Crippen molar-refractivity contribution in [3.8, 4) is 0 Å². The van der Waals surface area contributed by atoms with Gasteiger partial charge in [0.1, 0.15) is 10.6 Å². The summed E-state index contributed by atoms with van der Waals surface area (Å²) in [6.07, 6.45) is -0.948. The van der Waals surface area contributed by atoms with E-state index in [4.69, 9.17) is 4.74 Å². The molecule has 1 fully saturated rings. The molecule has 0 bridgehead atoms. The molecule has 2 rings (SSSR count). The van der Waals surface area contributed by atoms with Crippen LogP contribution < -0.4 is 0 Å². The zero-order chi connectivity index (χ0) is 15.1. The molecule has 0 saturated carbocycles. The molecule has 1 aromatic heterocycles. The van der Waals surface area contributed by atoms with Crippen LogP contribution in [-0.4, -0.2) is 45.9 Å². The van der Waals surface area contributed by atoms with Crippen molar-refractivity contribution in [2.24, 2.45) is 0 Å². The van der Waals surface area contributed by atoms with Crippen LogP contribution in [0, 0.1) is 13.8 Å². The Balaban J connectivity index is 2.07. The van der Waals surface area contributed by atoms with Gasteiger partial charge in [0.2, 0.25) is 0 Å². The Hall–Kier alpha value is -1.14. The van der Waals surface area contributed by atoms with Crippen LogP contribution in [0.3, 0.4) is 0 Å². The molecule has 1 aliphatic rings. The Bertz CT molecular complexity index is 488. The van der Waals surface area contributed by atoms with Crippen molar-refractivity contribution >= 4 is 17.4 Å². The van der Waals surface area contributed by atoms with Gasteiger partial charge in [-0.3, -0.25) is 0 Å². The molecule has 2 heterocycles. The van der Waals surface area contributed by atoms with Gasteiger partial charge in [-0.25, -0.2) is 9.78 Å². The van der Waals surface area contributed by atoms with E-state index >= 15 is 0 Å². The molecule has 6 heteroatoms. The van der Waals surface area contributed by atoms with Gasteiger partial charge in [-0.15, -0.1) is 11.3 Å². The number of hydrogen-bond donors (Lipinski definition) is 1. The van der Waals surface area contributed by atoms with E-state index in [0.717, 1.165) is 15.6 Å². The van der Waals surface area contributed by atoms with Crippen LogP contribution in [0.1, 0.15) is 42.3 Å². The number of β-amino-alcohol motifs (C(OH)–C–C–N with tert-alkyl or cyclic N) is 1. The first kappa shape index (κ1) is 15.3. The zero-order valence-corrected chi connectivity index (χ0v) is 13.5. The van der Waals surface area contributed by atoms with Crippen LogP contribution in [0.2, 0.25) is 0 Å². The van der Waals surface area contributed by atoms with Gasteiger partial charge in [0.05, 0.1) is 24.3 Å². The summed E-state index contributed by atoms with van der Waals surface area (Å²) in [7, 11) is 0. The zero-order valence-electron chi connectivity index (χ0n) is 12.6. The number of carbonyl (C=O) groups excluding carboxylic acids is 1. The molecule has 112 valence electrons. The second-order valence-electron chi connectivity index (χ2n) is 6.25. The van der Waals surface area contributed by atoms with Crippen LogP contribution in [0.4, 0.5) is 4.79 Å². The standard InChI is InChI=1S/C14H22N2O3S/c1-8-9(2)20-12(15-8)10-6-16(7-11(10)17)13(18)19-14(3,4)5/h10-11,17H,6-7H2,1-5H3/t10-,11-/m1/s1. The van der Waals surface area contributed by atoms with Crippen molar-refractivity contribution in [3.05, 3.63) is 15.6 Å². The molecule has 20 heavy (non-hydrogen) atoms. The molecule has 0 aromatic carbocycles. The average Bonchev–Trinajstić information content (AvgIpc) is 2.81. The Labute approximate surface area is 123 Å². The predicted molar refractivity (Wildman–Crippen MR) is 78.1 cm³/mol. The lowest BCUT2D eigenvalue weighted by atomic mass is 10.1. The normalized spacial score (nSPS) is 23.2. The number of aryl methyl sites for hydroxylation is 2. The summed E-state index contributed by atoms with van der Waals surface area (Å²) >= 11 is 1.59. The summed E-state index contributed by atoms with van der Waals surface area (Å²) in [4.78, 5) is 19.2. The van der Waals surface area contributed by atoms with E-state index in [9.17, 15) is 9.90 Å². The molecular weight excluding hydrogens is 276 g/mol.